The van der Waals surface area contributed by atoms with Gasteiger partial charge < -0.3 is 14.2 Å². The second-order valence-corrected chi connectivity index (χ2v) is 11.0. The van der Waals surface area contributed by atoms with E-state index < -0.39 is 11.7 Å². The van der Waals surface area contributed by atoms with Crippen LogP contribution in [0.5, 0.6) is 11.5 Å². The second-order valence-electron chi connectivity index (χ2n) is 11.0. The first-order valence-electron chi connectivity index (χ1n) is 14.0. The number of hydrogen-bond donors (Lipinski definition) is 0. The second kappa shape index (κ2) is 11.1. The summed E-state index contributed by atoms with van der Waals surface area (Å²) in [6, 6.07) is 31.1. The van der Waals surface area contributed by atoms with Gasteiger partial charge >= 0.3 is 5.97 Å². The molecule has 0 aliphatic carbocycles. The van der Waals surface area contributed by atoms with Gasteiger partial charge in [-0.15, -0.1) is 0 Å². The average Bonchev–Trinajstić information content (AvgIpc) is 2.97. The molecule has 2 unspecified atom stereocenters. The van der Waals surface area contributed by atoms with Crippen molar-refractivity contribution in [1.82, 2.24) is 0 Å². The number of nitrogens with zero attached hydrogens (tertiary/aromatic N) is 1. The van der Waals surface area contributed by atoms with Crippen molar-refractivity contribution in [3.8, 4) is 11.5 Å². The molecule has 0 N–H and O–H groups in total. The van der Waals surface area contributed by atoms with Crippen LogP contribution in [0.1, 0.15) is 58.3 Å². The normalized spacial score (nSPS) is 19.2. The van der Waals surface area contributed by atoms with E-state index in [-0.39, 0.29) is 18.4 Å². The molecule has 6 rings (SSSR count). The molecule has 4 aromatic rings. The predicted molar refractivity (Wildman–Crippen MR) is 157 cm³/mol. The summed E-state index contributed by atoms with van der Waals surface area (Å²) in [7, 11) is 0. The molecule has 2 aliphatic rings. The first-order valence-corrected chi connectivity index (χ1v) is 14.0. The fourth-order valence-corrected chi connectivity index (χ4v) is 5.81. The van der Waals surface area contributed by atoms with Gasteiger partial charge in [0.05, 0.1) is 12.2 Å². The van der Waals surface area contributed by atoms with Gasteiger partial charge in [0.25, 0.3) is 0 Å². The Morgan fingerprint density at radius 1 is 0.951 bits per heavy atom. The number of piperidine rings is 1. The standard InChI is InChI=1S/C35H33NO5/c1-24-14-16-25(17-15-24)18-19-39-34(38)27-10-6-11-29(20-27)36-32(37)21-28-22-35(36,2)41-33-30(28)12-7-13-31(33)40-23-26-8-4-3-5-9-26/h3-17,20,28H,18-19,21-23H2,1-2H3. The molecule has 0 spiro atoms. The van der Waals surface area contributed by atoms with Gasteiger partial charge in [0.1, 0.15) is 6.61 Å². The molecule has 208 valence electrons. The minimum Gasteiger partial charge on any atom is -0.485 e. The van der Waals surface area contributed by atoms with Gasteiger partial charge in [0.15, 0.2) is 17.2 Å². The van der Waals surface area contributed by atoms with Crippen molar-refractivity contribution < 1.29 is 23.8 Å². The molecule has 1 fully saturated rings. The van der Waals surface area contributed by atoms with Crippen molar-refractivity contribution in [1.29, 1.82) is 0 Å². The topological polar surface area (TPSA) is 65.1 Å². The number of anilines is 1. The van der Waals surface area contributed by atoms with Crippen molar-refractivity contribution >= 4 is 17.6 Å². The molecule has 6 heteroatoms. The number of para-hydroxylation sites is 1. The van der Waals surface area contributed by atoms with Gasteiger partial charge in [-0.05, 0) is 49.2 Å². The molecular weight excluding hydrogens is 514 g/mol. The van der Waals surface area contributed by atoms with E-state index in [0.717, 1.165) is 16.7 Å². The van der Waals surface area contributed by atoms with Crippen molar-refractivity contribution in [2.45, 2.75) is 51.4 Å². The van der Waals surface area contributed by atoms with E-state index in [1.807, 2.05) is 92.7 Å². The van der Waals surface area contributed by atoms with Crippen molar-refractivity contribution in [2.24, 2.45) is 0 Å². The molecule has 6 nitrogen and oxygen atoms in total. The molecule has 2 heterocycles. The smallest absolute Gasteiger partial charge is 0.338 e. The van der Waals surface area contributed by atoms with Crippen LogP contribution in [0.3, 0.4) is 0 Å². The van der Waals surface area contributed by atoms with Crippen LogP contribution in [-0.4, -0.2) is 24.2 Å². The summed E-state index contributed by atoms with van der Waals surface area (Å²) in [5, 5.41) is 0. The molecule has 2 bridgehead atoms. The molecular formula is C35H33NO5. The molecule has 4 aromatic carbocycles. The highest BCUT2D eigenvalue weighted by Gasteiger charge is 2.50. The lowest BCUT2D eigenvalue weighted by Gasteiger charge is -2.50. The van der Waals surface area contributed by atoms with E-state index in [0.29, 0.717) is 48.6 Å². The van der Waals surface area contributed by atoms with Gasteiger partial charge in [-0.1, -0.05) is 78.4 Å². The number of aryl methyl sites for hydroxylation is 1. The van der Waals surface area contributed by atoms with Crippen LogP contribution in [0.15, 0.2) is 97.1 Å². The fraction of sp³-hybridized carbons (Fsp3) is 0.257. The monoisotopic (exact) mass is 547 g/mol. The number of carbonyl (C=O) groups excluding carboxylic acids is 2. The van der Waals surface area contributed by atoms with Crippen LogP contribution in [0.2, 0.25) is 0 Å². The lowest BCUT2D eigenvalue weighted by atomic mass is 9.80. The van der Waals surface area contributed by atoms with Crippen molar-refractivity contribution in [3.05, 3.63) is 125 Å². The van der Waals surface area contributed by atoms with E-state index in [1.54, 1.807) is 23.1 Å². The van der Waals surface area contributed by atoms with Gasteiger partial charge in [0.2, 0.25) is 5.91 Å². The van der Waals surface area contributed by atoms with Gasteiger partial charge in [-0.2, -0.15) is 0 Å². The molecule has 0 aromatic heterocycles. The quantitative estimate of drug-likeness (QED) is 0.222. The number of rotatable bonds is 8. The van der Waals surface area contributed by atoms with E-state index in [4.69, 9.17) is 14.2 Å². The molecule has 1 saturated heterocycles. The highest BCUT2D eigenvalue weighted by atomic mass is 16.5. The van der Waals surface area contributed by atoms with E-state index >= 15 is 0 Å². The first-order chi connectivity index (χ1) is 19.9. The molecule has 2 atom stereocenters. The van der Waals surface area contributed by atoms with E-state index in [2.05, 4.69) is 0 Å². The van der Waals surface area contributed by atoms with Crippen LogP contribution in [0.4, 0.5) is 5.69 Å². The molecule has 2 aliphatic heterocycles. The van der Waals surface area contributed by atoms with E-state index in [9.17, 15) is 9.59 Å². The number of carbonyl (C=O) groups is 2. The summed E-state index contributed by atoms with van der Waals surface area (Å²) >= 11 is 0. The fourth-order valence-electron chi connectivity index (χ4n) is 5.81. The Morgan fingerprint density at radius 2 is 1.73 bits per heavy atom. The molecule has 41 heavy (non-hydrogen) atoms. The number of hydrogen-bond acceptors (Lipinski definition) is 5. The lowest BCUT2D eigenvalue weighted by molar-refractivity contribution is -0.127. The minimum atomic E-state index is -0.937. The summed E-state index contributed by atoms with van der Waals surface area (Å²) in [5.41, 5.74) is 4.42. The molecule has 0 radical (unpaired) electrons. The van der Waals surface area contributed by atoms with Crippen LogP contribution >= 0.6 is 0 Å². The third kappa shape index (κ3) is 5.55. The summed E-state index contributed by atoms with van der Waals surface area (Å²) in [6.07, 6.45) is 1.62. The summed E-state index contributed by atoms with van der Waals surface area (Å²) in [4.78, 5) is 28.2. The number of fused-ring (bicyclic) bond motifs is 4. The largest absolute Gasteiger partial charge is 0.485 e. The van der Waals surface area contributed by atoms with Crippen LogP contribution in [0, 0.1) is 6.92 Å². The Bertz CT molecular complexity index is 1570. The molecule has 0 saturated carbocycles. The Hall–Kier alpha value is -4.58. The van der Waals surface area contributed by atoms with Crippen LogP contribution in [0.25, 0.3) is 0 Å². The van der Waals surface area contributed by atoms with Gasteiger partial charge in [-0.3, -0.25) is 9.69 Å². The Labute approximate surface area is 240 Å². The maximum atomic E-state index is 13.6. The maximum absolute atomic E-state index is 13.6. The number of esters is 1. The maximum Gasteiger partial charge on any atom is 0.338 e. The van der Waals surface area contributed by atoms with Crippen molar-refractivity contribution in [3.63, 3.8) is 0 Å². The zero-order chi connectivity index (χ0) is 28.4. The first kappa shape index (κ1) is 26.6. The van der Waals surface area contributed by atoms with Crippen molar-refractivity contribution in [2.75, 3.05) is 11.5 Å². The van der Waals surface area contributed by atoms with Crippen LogP contribution in [-0.2, 0) is 22.6 Å². The van der Waals surface area contributed by atoms with E-state index in [1.165, 1.54) is 5.56 Å². The highest BCUT2D eigenvalue weighted by molar-refractivity contribution is 5.98. The highest BCUT2D eigenvalue weighted by Crippen LogP contribution is 2.52. The zero-order valence-electron chi connectivity index (χ0n) is 23.3. The lowest BCUT2D eigenvalue weighted by Crippen LogP contribution is -2.60. The predicted octanol–water partition coefficient (Wildman–Crippen LogP) is 6.99. The Balaban J connectivity index is 1.20. The summed E-state index contributed by atoms with van der Waals surface area (Å²) in [6.45, 7) is 4.67. The third-order valence-corrected chi connectivity index (χ3v) is 7.86. The number of amides is 1. The number of ether oxygens (including phenoxy) is 3. The SMILES string of the molecule is Cc1ccc(CCOC(=O)c2cccc(N3C(=O)CC4CC3(C)Oc3c(OCc5ccccc5)cccc34)c2)cc1. The number of benzene rings is 4. The Kier molecular flexibility index (Phi) is 7.23. The summed E-state index contributed by atoms with van der Waals surface area (Å²) < 4.78 is 18.4. The third-order valence-electron chi connectivity index (χ3n) is 7.86. The minimum absolute atomic E-state index is 0.0164. The van der Waals surface area contributed by atoms with Gasteiger partial charge in [0, 0.05) is 36.4 Å². The summed E-state index contributed by atoms with van der Waals surface area (Å²) in [5.74, 6) is 0.879. The Morgan fingerprint density at radius 3 is 2.54 bits per heavy atom. The molecule has 1 amide bonds. The van der Waals surface area contributed by atoms with Gasteiger partial charge in [-0.25, -0.2) is 4.79 Å². The average molecular weight is 548 g/mol. The van der Waals surface area contributed by atoms with Crippen LogP contribution < -0.4 is 14.4 Å². The zero-order valence-corrected chi connectivity index (χ0v) is 23.3.